The molecular weight excluding hydrogens is 256 g/mol. The monoisotopic (exact) mass is 282 g/mol. The van der Waals surface area contributed by atoms with Crippen LogP contribution in [-0.4, -0.2) is 29.1 Å². The van der Waals surface area contributed by atoms with Crippen molar-refractivity contribution in [3.8, 4) is 0 Å². The van der Waals surface area contributed by atoms with Crippen LogP contribution in [0.5, 0.6) is 0 Å². The van der Waals surface area contributed by atoms with Crippen LogP contribution in [0.3, 0.4) is 0 Å². The number of rotatable bonds is 3. The Kier molecular flexibility index (Phi) is 4.68. The fourth-order valence-electron chi connectivity index (χ4n) is 3.58. The maximum Gasteiger partial charge on any atom is 0.311 e. The molecule has 2 saturated carbocycles. The highest BCUT2D eigenvalue weighted by atomic mass is 16.4. The van der Waals surface area contributed by atoms with Crippen molar-refractivity contribution in [2.75, 3.05) is 0 Å². The average molecular weight is 282 g/mol. The molecule has 4 unspecified atom stereocenters. The van der Waals surface area contributed by atoms with Crippen LogP contribution in [0.15, 0.2) is 0 Å². The highest BCUT2D eigenvalue weighted by molar-refractivity contribution is 5.82. The molecule has 0 heterocycles. The molecule has 0 radical (unpaired) electrons. The van der Waals surface area contributed by atoms with E-state index in [0.717, 1.165) is 44.9 Å². The third-order valence-electron chi connectivity index (χ3n) is 5.17. The first kappa shape index (κ1) is 15.3. The lowest BCUT2D eigenvalue weighted by Gasteiger charge is -2.39. The summed E-state index contributed by atoms with van der Waals surface area (Å²) in [7, 11) is 0. The maximum absolute atomic E-state index is 12.4. The summed E-state index contributed by atoms with van der Waals surface area (Å²) in [6.07, 6.45) is 7.10. The van der Waals surface area contributed by atoms with Crippen molar-refractivity contribution in [3.05, 3.63) is 0 Å². The molecule has 2 rings (SSSR count). The minimum absolute atomic E-state index is 0.0448. The number of nitrogens with two attached hydrogens (primary N) is 1. The highest BCUT2D eigenvalue weighted by Gasteiger charge is 2.44. The van der Waals surface area contributed by atoms with Crippen molar-refractivity contribution in [2.24, 2.45) is 17.1 Å². The zero-order valence-corrected chi connectivity index (χ0v) is 12.2. The van der Waals surface area contributed by atoms with Crippen LogP contribution >= 0.6 is 0 Å². The first-order valence-electron chi connectivity index (χ1n) is 7.74. The van der Waals surface area contributed by atoms with Gasteiger partial charge in [0.1, 0.15) is 0 Å². The largest absolute Gasteiger partial charge is 0.481 e. The molecule has 0 spiro atoms. The smallest absolute Gasteiger partial charge is 0.311 e. The van der Waals surface area contributed by atoms with E-state index in [1.54, 1.807) is 6.92 Å². The van der Waals surface area contributed by atoms with Crippen molar-refractivity contribution in [1.29, 1.82) is 0 Å². The molecule has 114 valence electrons. The van der Waals surface area contributed by atoms with E-state index in [1.807, 2.05) is 0 Å². The van der Waals surface area contributed by atoms with Gasteiger partial charge in [-0.2, -0.15) is 0 Å². The third-order valence-corrected chi connectivity index (χ3v) is 5.17. The summed E-state index contributed by atoms with van der Waals surface area (Å²) in [5.41, 5.74) is 5.19. The molecule has 0 bridgehead atoms. The van der Waals surface area contributed by atoms with E-state index in [9.17, 15) is 14.7 Å². The summed E-state index contributed by atoms with van der Waals surface area (Å²) < 4.78 is 0. The van der Waals surface area contributed by atoms with E-state index < -0.39 is 11.4 Å². The second-order valence-corrected chi connectivity index (χ2v) is 6.58. The molecular formula is C15H26N2O3. The van der Waals surface area contributed by atoms with Gasteiger partial charge < -0.3 is 16.2 Å². The van der Waals surface area contributed by atoms with Gasteiger partial charge >= 0.3 is 5.97 Å². The van der Waals surface area contributed by atoms with Gasteiger partial charge in [-0.1, -0.05) is 25.7 Å². The number of carbonyl (C=O) groups excluding carboxylic acids is 1. The Morgan fingerprint density at radius 2 is 1.80 bits per heavy atom. The summed E-state index contributed by atoms with van der Waals surface area (Å²) >= 11 is 0. The molecule has 2 aliphatic rings. The molecule has 4 N–H and O–H groups in total. The Hall–Kier alpha value is -1.10. The van der Waals surface area contributed by atoms with E-state index in [0.29, 0.717) is 6.42 Å². The summed E-state index contributed by atoms with van der Waals surface area (Å²) in [5.74, 6) is -1.00. The van der Waals surface area contributed by atoms with Gasteiger partial charge in [-0.3, -0.25) is 9.59 Å². The maximum atomic E-state index is 12.4. The number of hydrogen-bond acceptors (Lipinski definition) is 3. The number of amides is 1. The fraction of sp³-hybridized carbons (Fsp3) is 0.867. The molecule has 1 amide bonds. The van der Waals surface area contributed by atoms with E-state index >= 15 is 0 Å². The molecule has 0 aliphatic heterocycles. The molecule has 2 fully saturated rings. The Labute approximate surface area is 120 Å². The number of carbonyl (C=O) groups is 2. The molecule has 5 nitrogen and oxygen atoms in total. The molecule has 4 atom stereocenters. The number of hydrogen-bond donors (Lipinski definition) is 3. The Morgan fingerprint density at radius 1 is 1.15 bits per heavy atom. The number of nitrogens with one attached hydrogen (secondary N) is 1. The molecule has 0 aromatic heterocycles. The van der Waals surface area contributed by atoms with Crippen molar-refractivity contribution in [2.45, 2.75) is 70.4 Å². The van der Waals surface area contributed by atoms with Gasteiger partial charge in [0.2, 0.25) is 5.91 Å². The van der Waals surface area contributed by atoms with E-state index in [2.05, 4.69) is 5.32 Å². The topological polar surface area (TPSA) is 92.4 Å². The second kappa shape index (κ2) is 6.12. The van der Waals surface area contributed by atoms with Crippen molar-refractivity contribution < 1.29 is 14.7 Å². The third kappa shape index (κ3) is 2.97. The molecule has 2 aliphatic carbocycles. The number of carboxylic acid groups (broad SMARTS) is 1. The first-order valence-corrected chi connectivity index (χ1v) is 7.74. The zero-order chi connectivity index (χ0) is 14.8. The molecule has 5 heteroatoms. The fourth-order valence-corrected chi connectivity index (χ4v) is 3.58. The summed E-state index contributed by atoms with van der Waals surface area (Å²) in [5, 5.41) is 12.5. The van der Waals surface area contributed by atoms with Crippen molar-refractivity contribution in [3.63, 3.8) is 0 Å². The van der Waals surface area contributed by atoms with Crippen LogP contribution in [0.25, 0.3) is 0 Å². The van der Waals surface area contributed by atoms with Gasteiger partial charge in [-0.25, -0.2) is 0 Å². The molecule has 0 saturated heterocycles. The predicted molar refractivity (Wildman–Crippen MR) is 76.1 cm³/mol. The number of carboxylic acids is 1. The van der Waals surface area contributed by atoms with E-state index in [1.165, 1.54) is 0 Å². The minimum Gasteiger partial charge on any atom is -0.481 e. The van der Waals surface area contributed by atoms with Gasteiger partial charge in [0.05, 0.1) is 11.3 Å². The lowest BCUT2D eigenvalue weighted by Crippen LogP contribution is -2.55. The second-order valence-electron chi connectivity index (χ2n) is 6.58. The van der Waals surface area contributed by atoms with Crippen LogP contribution in [0.2, 0.25) is 0 Å². The van der Waals surface area contributed by atoms with Crippen LogP contribution in [0.4, 0.5) is 0 Å². The molecule has 20 heavy (non-hydrogen) atoms. The van der Waals surface area contributed by atoms with Gasteiger partial charge in [0.25, 0.3) is 0 Å². The Bertz CT molecular complexity index is 385. The standard InChI is InChI=1S/C15H26N2O3/c1-15(14(19)20)9-5-4-8-12(15)17-13(18)10-6-2-3-7-11(10)16/h10-12H,2-9,16H2,1H3,(H,17,18)(H,19,20). The summed E-state index contributed by atoms with van der Waals surface area (Å²) in [6, 6.07) is -0.348. The van der Waals surface area contributed by atoms with Crippen molar-refractivity contribution in [1.82, 2.24) is 5.32 Å². The highest BCUT2D eigenvalue weighted by Crippen LogP contribution is 2.37. The van der Waals surface area contributed by atoms with Gasteiger partial charge in [-0.05, 0) is 32.6 Å². The molecule has 0 aromatic carbocycles. The molecule has 0 aromatic rings. The van der Waals surface area contributed by atoms with Crippen molar-refractivity contribution >= 4 is 11.9 Å². The van der Waals surface area contributed by atoms with Crippen LogP contribution in [0.1, 0.15) is 58.3 Å². The van der Waals surface area contributed by atoms with Crippen LogP contribution in [-0.2, 0) is 9.59 Å². The SMILES string of the molecule is CC1(C(=O)O)CCCCC1NC(=O)C1CCCCC1N. The Balaban J connectivity index is 2.03. The first-order chi connectivity index (χ1) is 9.45. The van der Waals surface area contributed by atoms with Gasteiger partial charge in [-0.15, -0.1) is 0 Å². The summed E-state index contributed by atoms with van der Waals surface area (Å²) in [4.78, 5) is 23.9. The average Bonchev–Trinajstić information content (AvgIpc) is 2.41. The van der Waals surface area contributed by atoms with E-state index in [-0.39, 0.29) is 23.9 Å². The van der Waals surface area contributed by atoms with Gasteiger partial charge in [0, 0.05) is 12.1 Å². The summed E-state index contributed by atoms with van der Waals surface area (Å²) in [6.45, 7) is 1.75. The lowest BCUT2D eigenvalue weighted by molar-refractivity contribution is -0.152. The predicted octanol–water partition coefficient (Wildman–Crippen LogP) is 1.65. The zero-order valence-electron chi connectivity index (χ0n) is 12.2. The van der Waals surface area contributed by atoms with Gasteiger partial charge in [0.15, 0.2) is 0 Å². The Morgan fingerprint density at radius 3 is 2.45 bits per heavy atom. The minimum atomic E-state index is -0.841. The quantitative estimate of drug-likeness (QED) is 0.734. The number of aliphatic carboxylic acids is 1. The van der Waals surface area contributed by atoms with Crippen LogP contribution < -0.4 is 11.1 Å². The van der Waals surface area contributed by atoms with Crippen LogP contribution in [0, 0.1) is 11.3 Å². The normalized spacial score (nSPS) is 38.2. The lowest BCUT2D eigenvalue weighted by atomic mass is 9.71. The van der Waals surface area contributed by atoms with E-state index in [4.69, 9.17) is 5.73 Å².